The molecule has 0 spiro atoms. The minimum atomic E-state index is -3.04. The lowest BCUT2D eigenvalue weighted by Crippen LogP contribution is -2.67. The third-order valence-electron chi connectivity index (χ3n) is 10.4. The van der Waals surface area contributed by atoms with E-state index in [1.54, 1.807) is 24.3 Å². The van der Waals surface area contributed by atoms with Crippen molar-refractivity contribution in [1.82, 2.24) is 0 Å². The van der Waals surface area contributed by atoms with E-state index in [0.717, 1.165) is 20.7 Å². The van der Waals surface area contributed by atoms with Gasteiger partial charge in [0.05, 0.1) is 18.8 Å². The standard InChI is InChI=1S/C45H50O6Si2/c1-44(2,3)52(35-24-14-8-15-25-35,36-26-16-9-17-27-36)48-32-39-41(51-42(46)34-22-12-7-13-23-34)40(50-43(39)47)33-49-53(45(4,5)6,37-28-18-10-19-29-37)38-30-20-11-21-31-38/h7-31,39-41H,32-33H2,1-6H3/t39-,40-,41+/m1/s1. The fourth-order valence-corrected chi connectivity index (χ4v) is 17.0. The highest BCUT2D eigenvalue weighted by Crippen LogP contribution is 2.40. The fourth-order valence-electron chi connectivity index (χ4n) is 7.86. The molecule has 5 aromatic carbocycles. The van der Waals surface area contributed by atoms with Crippen LogP contribution in [0.2, 0.25) is 10.1 Å². The average Bonchev–Trinajstić information content (AvgIpc) is 3.45. The molecule has 0 aromatic heterocycles. The quantitative estimate of drug-likeness (QED) is 0.102. The van der Waals surface area contributed by atoms with Gasteiger partial charge in [0.2, 0.25) is 0 Å². The first kappa shape index (κ1) is 38.1. The van der Waals surface area contributed by atoms with E-state index in [2.05, 4.69) is 90.1 Å². The molecule has 6 nitrogen and oxygen atoms in total. The van der Waals surface area contributed by atoms with Crippen molar-refractivity contribution >= 4 is 49.3 Å². The Morgan fingerprint density at radius 2 is 0.887 bits per heavy atom. The van der Waals surface area contributed by atoms with Gasteiger partial charge < -0.3 is 18.3 Å². The normalized spacial score (nSPS) is 18.0. The van der Waals surface area contributed by atoms with Crippen molar-refractivity contribution in [2.45, 2.75) is 63.8 Å². The summed E-state index contributed by atoms with van der Waals surface area (Å²) in [6, 6.07) is 50.1. The van der Waals surface area contributed by atoms with E-state index in [0.29, 0.717) is 5.56 Å². The molecule has 3 atom stereocenters. The van der Waals surface area contributed by atoms with Gasteiger partial charge >= 0.3 is 11.9 Å². The predicted octanol–water partition coefficient (Wildman–Crippen LogP) is 6.91. The molecule has 53 heavy (non-hydrogen) atoms. The SMILES string of the molecule is CC(C)(C)[Si](OC[C@H]1OC(=O)[C@H](CO[Si](c2ccccc2)(c2ccccc2)C(C)(C)C)[C@@H]1OC(=O)c1ccccc1)(c1ccccc1)c1ccccc1. The Kier molecular flexibility index (Phi) is 11.4. The van der Waals surface area contributed by atoms with Crippen LogP contribution in [0.5, 0.6) is 0 Å². The van der Waals surface area contributed by atoms with Gasteiger partial charge in [0, 0.05) is 0 Å². The molecule has 1 aliphatic rings. The molecule has 1 heterocycles. The molecule has 0 unspecified atom stereocenters. The molecule has 0 bridgehead atoms. The van der Waals surface area contributed by atoms with Gasteiger partial charge in [-0.1, -0.05) is 181 Å². The molecule has 1 fully saturated rings. The van der Waals surface area contributed by atoms with Crippen molar-refractivity contribution in [3.8, 4) is 0 Å². The molecular weight excluding hydrogens is 693 g/mol. The van der Waals surface area contributed by atoms with E-state index >= 15 is 0 Å². The molecule has 0 radical (unpaired) electrons. The zero-order valence-electron chi connectivity index (χ0n) is 31.5. The van der Waals surface area contributed by atoms with Crippen LogP contribution in [-0.2, 0) is 23.1 Å². The van der Waals surface area contributed by atoms with Crippen LogP contribution in [0, 0.1) is 5.92 Å². The Morgan fingerprint density at radius 3 is 1.25 bits per heavy atom. The van der Waals surface area contributed by atoms with Crippen LogP contribution in [0.25, 0.3) is 0 Å². The van der Waals surface area contributed by atoms with Crippen molar-refractivity contribution in [1.29, 1.82) is 0 Å². The Bertz CT molecular complexity index is 1860. The van der Waals surface area contributed by atoms with Crippen molar-refractivity contribution in [3.05, 3.63) is 157 Å². The predicted molar refractivity (Wildman–Crippen MR) is 216 cm³/mol. The lowest BCUT2D eigenvalue weighted by atomic mass is 10.0. The Morgan fingerprint density at radius 1 is 0.547 bits per heavy atom. The van der Waals surface area contributed by atoms with Crippen LogP contribution >= 0.6 is 0 Å². The number of hydrogen-bond donors (Lipinski definition) is 0. The third-order valence-corrected chi connectivity index (χ3v) is 20.4. The highest BCUT2D eigenvalue weighted by atomic mass is 28.4. The molecule has 0 amide bonds. The van der Waals surface area contributed by atoms with Crippen molar-refractivity contribution in [3.63, 3.8) is 0 Å². The van der Waals surface area contributed by atoms with Crippen LogP contribution in [-0.4, -0.2) is 54.0 Å². The average molecular weight is 743 g/mol. The number of carbonyl (C=O) groups excluding carboxylic acids is 2. The summed E-state index contributed by atoms with van der Waals surface area (Å²) in [5, 5.41) is 3.77. The second-order valence-electron chi connectivity index (χ2n) is 15.8. The summed E-state index contributed by atoms with van der Waals surface area (Å²) in [5.74, 6) is -1.87. The first-order chi connectivity index (χ1) is 25.4. The molecule has 1 aliphatic heterocycles. The van der Waals surface area contributed by atoms with Gasteiger partial charge in [0.1, 0.15) is 5.92 Å². The zero-order valence-corrected chi connectivity index (χ0v) is 33.5. The smallest absolute Gasteiger partial charge is 0.338 e. The second-order valence-corrected chi connectivity index (χ2v) is 24.4. The van der Waals surface area contributed by atoms with Gasteiger partial charge in [-0.15, -0.1) is 0 Å². The van der Waals surface area contributed by atoms with E-state index < -0.39 is 46.7 Å². The molecule has 8 heteroatoms. The first-order valence-electron chi connectivity index (χ1n) is 18.3. The topological polar surface area (TPSA) is 71.1 Å². The number of ether oxygens (including phenoxy) is 2. The maximum atomic E-state index is 14.1. The Hall–Kier alpha value is -4.61. The van der Waals surface area contributed by atoms with Crippen LogP contribution in [0.4, 0.5) is 0 Å². The minimum Gasteiger partial charge on any atom is -0.456 e. The molecule has 0 saturated carbocycles. The lowest BCUT2D eigenvalue weighted by molar-refractivity contribution is -0.145. The fraction of sp³-hybridized carbons (Fsp3) is 0.289. The third kappa shape index (κ3) is 7.60. The number of benzene rings is 5. The largest absolute Gasteiger partial charge is 0.456 e. The summed E-state index contributed by atoms with van der Waals surface area (Å²) >= 11 is 0. The number of cyclic esters (lactones) is 1. The Labute approximate surface area is 316 Å². The van der Waals surface area contributed by atoms with Gasteiger partial charge in [-0.3, -0.25) is 4.79 Å². The number of esters is 2. The lowest BCUT2D eigenvalue weighted by Gasteiger charge is -2.44. The van der Waals surface area contributed by atoms with Crippen LogP contribution in [0.1, 0.15) is 51.9 Å². The maximum Gasteiger partial charge on any atom is 0.338 e. The van der Waals surface area contributed by atoms with Crippen LogP contribution < -0.4 is 20.7 Å². The summed E-state index contributed by atoms with van der Waals surface area (Å²) in [7, 11) is -6.05. The van der Waals surface area contributed by atoms with E-state index in [9.17, 15) is 9.59 Å². The second kappa shape index (κ2) is 15.8. The summed E-state index contributed by atoms with van der Waals surface area (Å²) in [6.07, 6.45) is -1.81. The van der Waals surface area contributed by atoms with Gasteiger partial charge in [-0.2, -0.15) is 0 Å². The molecule has 274 valence electrons. The highest BCUT2D eigenvalue weighted by molar-refractivity contribution is 7.00. The summed E-state index contributed by atoms with van der Waals surface area (Å²) in [4.78, 5) is 27.8. The molecule has 1 saturated heterocycles. The summed E-state index contributed by atoms with van der Waals surface area (Å²) < 4.78 is 27.0. The minimum absolute atomic E-state index is 0.00850. The van der Waals surface area contributed by atoms with Crippen molar-refractivity contribution in [2.24, 2.45) is 5.92 Å². The van der Waals surface area contributed by atoms with Crippen molar-refractivity contribution < 1.29 is 27.9 Å². The van der Waals surface area contributed by atoms with E-state index in [1.807, 2.05) is 78.9 Å². The van der Waals surface area contributed by atoms with E-state index in [4.69, 9.17) is 18.3 Å². The number of rotatable bonds is 12. The molecule has 6 rings (SSSR count). The Balaban J connectivity index is 1.39. The van der Waals surface area contributed by atoms with Gasteiger partial charge in [-0.25, -0.2) is 4.79 Å². The summed E-state index contributed by atoms with van der Waals surface area (Å²) in [5.41, 5.74) is 0.394. The summed E-state index contributed by atoms with van der Waals surface area (Å²) in [6.45, 7) is 13.2. The molecular formula is C45H50O6Si2. The first-order valence-corrected chi connectivity index (χ1v) is 22.2. The molecule has 0 aliphatic carbocycles. The zero-order chi connectivity index (χ0) is 37.7. The van der Waals surface area contributed by atoms with Crippen LogP contribution in [0.3, 0.4) is 0 Å². The van der Waals surface area contributed by atoms with E-state index in [-0.39, 0.29) is 23.3 Å². The van der Waals surface area contributed by atoms with E-state index in [1.165, 1.54) is 0 Å². The maximum absolute atomic E-state index is 14.1. The van der Waals surface area contributed by atoms with Gasteiger partial charge in [-0.05, 0) is 43.0 Å². The monoisotopic (exact) mass is 742 g/mol. The van der Waals surface area contributed by atoms with Gasteiger partial charge in [0.15, 0.2) is 12.2 Å². The van der Waals surface area contributed by atoms with Crippen molar-refractivity contribution in [2.75, 3.05) is 13.2 Å². The molecule has 5 aromatic rings. The van der Waals surface area contributed by atoms with Crippen LogP contribution in [0.15, 0.2) is 152 Å². The highest BCUT2D eigenvalue weighted by Gasteiger charge is 2.56. The number of carbonyl (C=O) groups is 2. The van der Waals surface area contributed by atoms with Gasteiger partial charge in [0.25, 0.3) is 16.6 Å². The number of hydrogen-bond acceptors (Lipinski definition) is 6. The molecule has 0 N–H and O–H groups in total.